The molecule has 5 fully saturated rings. The molecule has 6 heterocycles. The third kappa shape index (κ3) is 2.19. The van der Waals surface area contributed by atoms with Gasteiger partial charge >= 0.3 is 0 Å². The number of hydrogen-bond acceptors (Lipinski definition) is 5. The Labute approximate surface area is 200 Å². The monoisotopic (exact) mass is 463 g/mol. The molecule has 7 heteroatoms. The highest BCUT2D eigenvalue weighted by Gasteiger charge is 2.77. The summed E-state index contributed by atoms with van der Waals surface area (Å²) in [6.07, 6.45) is 8.11. The van der Waals surface area contributed by atoms with Gasteiger partial charge in [-0.25, -0.2) is 0 Å². The van der Waals surface area contributed by atoms with E-state index in [-0.39, 0.29) is 23.1 Å². The lowest BCUT2D eigenvalue weighted by atomic mass is 9.56. The van der Waals surface area contributed by atoms with Gasteiger partial charge in [0.25, 0.3) is 0 Å². The minimum atomic E-state index is -0.746. The van der Waals surface area contributed by atoms with Crippen molar-refractivity contribution in [3.63, 3.8) is 0 Å². The summed E-state index contributed by atoms with van der Waals surface area (Å²) >= 11 is 0. The van der Waals surface area contributed by atoms with Crippen LogP contribution in [0.2, 0.25) is 0 Å². The number of ether oxygens (including phenoxy) is 2. The minimum Gasteiger partial charge on any atom is -0.480 e. The van der Waals surface area contributed by atoms with Crippen molar-refractivity contribution in [3.05, 3.63) is 30.0 Å². The Morgan fingerprint density at radius 3 is 2.74 bits per heavy atom. The van der Waals surface area contributed by atoms with Crippen molar-refractivity contribution in [2.45, 2.75) is 81.9 Å². The van der Waals surface area contributed by atoms with E-state index in [0.717, 1.165) is 44.3 Å². The molecule has 6 aliphatic heterocycles. The highest BCUT2D eigenvalue weighted by Crippen LogP contribution is 2.70. The lowest BCUT2D eigenvalue weighted by Crippen LogP contribution is -2.80. The maximum absolute atomic E-state index is 14.0. The van der Waals surface area contributed by atoms with Gasteiger partial charge in [0.2, 0.25) is 11.8 Å². The lowest BCUT2D eigenvalue weighted by molar-refractivity contribution is -0.167. The van der Waals surface area contributed by atoms with Crippen molar-refractivity contribution in [1.82, 2.24) is 10.2 Å². The van der Waals surface area contributed by atoms with Gasteiger partial charge in [-0.15, -0.1) is 0 Å². The molecule has 1 aliphatic carbocycles. The molecular formula is C27H33N3O4. The molecule has 180 valence electrons. The van der Waals surface area contributed by atoms with Gasteiger partial charge in [-0.2, -0.15) is 0 Å². The van der Waals surface area contributed by atoms with E-state index in [1.165, 1.54) is 0 Å². The molecule has 2 unspecified atom stereocenters. The fourth-order valence-electron chi connectivity index (χ4n) is 8.51. The topological polar surface area (TPSA) is 79.9 Å². The molecule has 0 radical (unpaired) electrons. The normalized spacial score (nSPS) is 40.3. The van der Waals surface area contributed by atoms with Crippen LogP contribution < -0.4 is 20.1 Å². The van der Waals surface area contributed by atoms with Gasteiger partial charge in [0.1, 0.15) is 11.1 Å². The second-order valence-corrected chi connectivity index (χ2v) is 12.5. The number of benzene rings is 1. The number of carbonyl (C=O) groups is 2. The van der Waals surface area contributed by atoms with Crippen LogP contribution in [0.1, 0.15) is 65.4 Å². The Morgan fingerprint density at radius 2 is 1.91 bits per heavy atom. The molecule has 2 amide bonds. The summed E-state index contributed by atoms with van der Waals surface area (Å²) in [6.45, 7) is 10.2. The maximum atomic E-state index is 14.0. The van der Waals surface area contributed by atoms with Gasteiger partial charge in [-0.05, 0) is 81.5 Å². The number of piperazine rings is 1. The molecule has 4 saturated heterocycles. The second kappa shape index (κ2) is 5.99. The van der Waals surface area contributed by atoms with Crippen molar-refractivity contribution in [2.24, 2.45) is 11.3 Å². The number of carbonyl (C=O) groups excluding carboxylic acids is 2. The van der Waals surface area contributed by atoms with Crippen LogP contribution in [0.25, 0.3) is 0 Å². The molecule has 3 spiro atoms. The van der Waals surface area contributed by atoms with Crippen molar-refractivity contribution in [1.29, 1.82) is 0 Å². The molecule has 8 rings (SSSR count). The molecule has 1 aromatic rings. The summed E-state index contributed by atoms with van der Waals surface area (Å²) < 4.78 is 12.2. The Morgan fingerprint density at radius 1 is 1.09 bits per heavy atom. The molecule has 0 aromatic heterocycles. The highest BCUT2D eigenvalue weighted by atomic mass is 16.5. The zero-order valence-electron chi connectivity index (χ0n) is 20.4. The smallest absolute Gasteiger partial charge is 0.241 e. The standard InChI is InChI=1S/C27H33N3O4/c1-23(2)10-12-33-20-17(34-23)8-7-16-19(20)28-22(32)27(16)14-25-15-30-11-6-5-9-26(30,21(31)29-25)13-18(25)24(27,3)4/h7-8,10,12,18H,5-6,9,11,13-15H2,1-4H3,(H,28,32)(H,29,31)/t18?,25-,26?,27-/m1/s1. The van der Waals surface area contributed by atoms with Crippen LogP contribution >= 0.6 is 0 Å². The Bertz CT molecular complexity index is 1190. The van der Waals surface area contributed by atoms with Gasteiger partial charge in [0.15, 0.2) is 11.5 Å². The molecule has 4 atom stereocenters. The Kier molecular flexibility index (Phi) is 3.66. The largest absolute Gasteiger partial charge is 0.480 e. The molecule has 2 N–H and O–H groups in total. The molecule has 1 aromatic carbocycles. The van der Waals surface area contributed by atoms with E-state index in [4.69, 9.17) is 9.47 Å². The van der Waals surface area contributed by atoms with E-state index in [9.17, 15) is 9.59 Å². The predicted molar refractivity (Wildman–Crippen MR) is 127 cm³/mol. The fraction of sp³-hybridized carbons (Fsp3) is 0.630. The molecule has 7 nitrogen and oxygen atoms in total. The molecular weight excluding hydrogens is 430 g/mol. The predicted octanol–water partition coefficient (Wildman–Crippen LogP) is 3.48. The van der Waals surface area contributed by atoms with Crippen LogP contribution in [0.3, 0.4) is 0 Å². The first-order valence-electron chi connectivity index (χ1n) is 12.6. The van der Waals surface area contributed by atoms with Crippen LogP contribution in [-0.2, 0) is 15.0 Å². The summed E-state index contributed by atoms with van der Waals surface area (Å²) in [6, 6.07) is 3.99. The second-order valence-electron chi connectivity index (χ2n) is 12.5. The molecule has 34 heavy (non-hydrogen) atoms. The first-order chi connectivity index (χ1) is 16.0. The first kappa shape index (κ1) is 20.8. The van der Waals surface area contributed by atoms with Crippen LogP contribution in [0.15, 0.2) is 24.5 Å². The average Bonchev–Trinajstić information content (AvgIpc) is 3.07. The SMILES string of the molecule is CC1(C)C=COc2c(ccc3c2NC(=O)[C@@]32C[C@@]34CN5CCCCC5(CC3C2(C)C)C(=O)N4)O1. The van der Waals surface area contributed by atoms with E-state index in [1.807, 2.05) is 32.1 Å². The van der Waals surface area contributed by atoms with Gasteiger partial charge in [0.05, 0.1) is 22.9 Å². The number of nitrogens with zero attached hydrogens (tertiary/aromatic N) is 1. The van der Waals surface area contributed by atoms with Gasteiger partial charge in [-0.1, -0.05) is 19.9 Å². The van der Waals surface area contributed by atoms with E-state index in [2.05, 4.69) is 29.4 Å². The highest BCUT2D eigenvalue weighted by molar-refractivity contribution is 6.09. The van der Waals surface area contributed by atoms with Crippen molar-refractivity contribution < 1.29 is 19.1 Å². The number of anilines is 1. The lowest BCUT2D eigenvalue weighted by Gasteiger charge is -2.63. The zero-order chi connectivity index (χ0) is 23.7. The Balaban J connectivity index is 1.39. The fourth-order valence-corrected chi connectivity index (χ4v) is 8.51. The van der Waals surface area contributed by atoms with Gasteiger partial charge in [0, 0.05) is 6.54 Å². The van der Waals surface area contributed by atoms with Gasteiger partial charge in [-0.3, -0.25) is 14.5 Å². The summed E-state index contributed by atoms with van der Waals surface area (Å²) in [5.41, 5.74) is -0.726. The van der Waals surface area contributed by atoms with Crippen molar-refractivity contribution in [3.8, 4) is 11.5 Å². The van der Waals surface area contributed by atoms with E-state index >= 15 is 0 Å². The summed E-state index contributed by atoms with van der Waals surface area (Å²) in [5, 5.41) is 6.70. The number of fused-ring (bicyclic) bond motifs is 5. The van der Waals surface area contributed by atoms with E-state index < -0.39 is 22.1 Å². The summed E-state index contributed by atoms with van der Waals surface area (Å²) in [7, 11) is 0. The third-order valence-electron chi connectivity index (χ3n) is 10.1. The number of hydrogen-bond donors (Lipinski definition) is 2. The van der Waals surface area contributed by atoms with Crippen LogP contribution in [0.4, 0.5) is 5.69 Å². The quantitative estimate of drug-likeness (QED) is 0.616. The minimum absolute atomic E-state index is 0.00827. The van der Waals surface area contributed by atoms with Gasteiger partial charge < -0.3 is 20.1 Å². The first-order valence-corrected chi connectivity index (χ1v) is 12.6. The number of piperidine rings is 3. The van der Waals surface area contributed by atoms with Crippen molar-refractivity contribution >= 4 is 17.5 Å². The summed E-state index contributed by atoms with van der Waals surface area (Å²) in [4.78, 5) is 30.0. The number of rotatable bonds is 0. The third-order valence-corrected chi connectivity index (χ3v) is 10.1. The van der Waals surface area contributed by atoms with Crippen molar-refractivity contribution in [2.75, 3.05) is 18.4 Å². The van der Waals surface area contributed by atoms with E-state index in [0.29, 0.717) is 23.6 Å². The summed E-state index contributed by atoms with van der Waals surface area (Å²) in [5.74, 6) is 1.60. The molecule has 2 bridgehead atoms. The zero-order valence-corrected chi connectivity index (χ0v) is 20.4. The molecule has 1 saturated carbocycles. The average molecular weight is 464 g/mol. The number of nitrogens with one attached hydrogen (secondary N) is 2. The number of amides is 2. The molecule has 7 aliphatic rings. The van der Waals surface area contributed by atoms with Crippen LogP contribution in [-0.4, -0.2) is 46.5 Å². The van der Waals surface area contributed by atoms with E-state index in [1.54, 1.807) is 6.26 Å². The van der Waals surface area contributed by atoms with Crippen LogP contribution in [0, 0.1) is 11.3 Å². The van der Waals surface area contributed by atoms with Crippen LogP contribution in [0.5, 0.6) is 11.5 Å². The maximum Gasteiger partial charge on any atom is 0.241 e. The Hall–Kier alpha value is -2.54.